The first-order valence-corrected chi connectivity index (χ1v) is 9.39. The molecule has 1 aromatic carbocycles. The van der Waals surface area contributed by atoms with E-state index in [0.29, 0.717) is 5.92 Å². The van der Waals surface area contributed by atoms with Gasteiger partial charge in [0.25, 0.3) is 0 Å². The molecule has 2 heterocycles. The van der Waals surface area contributed by atoms with Crippen molar-refractivity contribution in [2.45, 2.75) is 44.1 Å². The van der Waals surface area contributed by atoms with E-state index in [1.165, 1.54) is 12.0 Å². The minimum Gasteiger partial charge on any atom is -0.354 e. The highest BCUT2D eigenvalue weighted by Gasteiger charge is 2.45. The number of nitrogens with zero attached hydrogens (tertiary/aromatic N) is 2. The van der Waals surface area contributed by atoms with E-state index >= 15 is 0 Å². The lowest BCUT2D eigenvalue weighted by Crippen LogP contribution is -2.60. The SMILES string of the molecule is C[C@H](CCN1CCC2(CC1)C(=O)NCCCN2C)c1ccccc1. The van der Waals surface area contributed by atoms with E-state index in [1.807, 2.05) is 0 Å². The highest BCUT2D eigenvalue weighted by Crippen LogP contribution is 2.30. The van der Waals surface area contributed by atoms with Crippen molar-refractivity contribution in [3.8, 4) is 0 Å². The van der Waals surface area contributed by atoms with Gasteiger partial charge < -0.3 is 10.2 Å². The molecule has 0 aliphatic carbocycles. The molecule has 1 amide bonds. The van der Waals surface area contributed by atoms with E-state index in [1.54, 1.807) is 0 Å². The lowest BCUT2D eigenvalue weighted by atomic mass is 9.84. The van der Waals surface area contributed by atoms with Crippen LogP contribution in [0.5, 0.6) is 0 Å². The van der Waals surface area contributed by atoms with E-state index in [-0.39, 0.29) is 11.4 Å². The van der Waals surface area contributed by atoms with Gasteiger partial charge >= 0.3 is 0 Å². The average Bonchev–Trinajstić information content (AvgIpc) is 2.76. The van der Waals surface area contributed by atoms with Crippen molar-refractivity contribution in [2.24, 2.45) is 0 Å². The zero-order chi connectivity index (χ0) is 17.0. The molecular weight excluding hydrogens is 298 g/mol. The Balaban J connectivity index is 1.52. The largest absolute Gasteiger partial charge is 0.354 e. The van der Waals surface area contributed by atoms with Crippen LogP contribution in [0.25, 0.3) is 0 Å². The van der Waals surface area contributed by atoms with Gasteiger partial charge in [-0.25, -0.2) is 0 Å². The van der Waals surface area contributed by atoms with Crippen LogP contribution in [0.3, 0.4) is 0 Å². The van der Waals surface area contributed by atoms with Crippen molar-refractivity contribution >= 4 is 5.91 Å². The van der Waals surface area contributed by atoms with Crippen LogP contribution >= 0.6 is 0 Å². The Morgan fingerprint density at radius 2 is 1.88 bits per heavy atom. The van der Waals surface area contributed by atoms with E-state index in [9.17, 15) is 4.79 Å². The Kier molecular flexibility index (Phi) is 5.57. The van der Waals surface area contributed by atoms with Crippen LogP contribution in [0.1, 0.15) is 44.1 Å². The highest BCUT2D eigenvalue weighted by atomic mass is 16.2. The van der Waals surface area contributed by atoms with Crippen molar-refractivity contribution in [3.63, 3.8) is 0 Å². The van der Waals surface area contributed by atoms with E-state index in [2.05, 4.69) is 59.4 Å². The van der Waals surface area contributed by atoms with E-state index in [0.717, 1.165) is 52.0 Å². The second-order valence-electron chi connectivity index (χ2n) is 7.50. The van der Waals surface area contributed by atoms with Gasteiger partial charge in [0, 0.05) is 26.2 Å². The van der Waals surface area contributed by atoms with Gasteiger partial charge in [0.1, 0.15) is 5.54 Å². The van der Waals surface area contributed by atoms with E-state index < -0.39 is 0 Å². The number of benzene rings is 1. The van der Waals surface area contributed by atoms with Crippen LogP contribution < -0.4 is 5.32 Å². The Labute approximate surface area is 146 Å². The molecule has 2 aliphatic heterocycles. The summed E-state index contributed by atoms with van der Waals surface area (Å²) in [5.41, 5.74) is 1.16. The molecule has 4 nitrogen and oxygen atoms in total. The van der Waals surface area contributed by atoms with Gasteiger partial charge in [-0.1, -0.05) is 37.3 Å². The zero-order valence-corrected chi connectivity index (χ0v) is 15.1. The Bertz CT molecular complexity index is 537. The summed E-state index contributed by atoms with van der Waals surface area (Å²) in [6, 6.07) is 10.8. The van der Waals surface area contributed by atoms with Gasteiger partial charge in [-0.2, -0.15) is 0 Å². The summed E-state index contributed by atoms with van der Waals surface area (Å²) in [6.45, 7) is 7.33. The topological polar surface area (TPSA) is 35.6 Å². The molecule has 0 aromatic heterocycles. The van der Waals surface area contributed by atoms with Crippen molar-refractivity contribution in [2.75, 3.05) is 39.8 Å². The second kappa shape index (κ2) is 7.66. The molecule has 1 aromatic rings. The van der Waals surface area contributed by atoms with Gasteiger partial charge in [-0.3, -0.25) is 9.69 Å². The number of nitrogens with one attached hydrogen (secondary N) is 1. The molecule has 132 valence electrons. The quantitative estimate of drug-likeness (QED) is 0.922. The first-order chi connectivity index (χ1) is 11.6. The molecule has 2 aliphatic rings. The summed E-state index contributed by atoms with van der Waals surface area (Å²) in [5, 5.41) is 3.12. The van der Waals surface area contributed by atoms with Gasteiger partial charge in [0.15, 0.2) is 0 Å². The third kappa shape index (κ3) is 3.65. The maximum absolute atomic E-state index is 12.6. The summed E-state index contributed by atoms with van der Waals surface area (Å²) < 4.78 is 0. The van der Waals surface area contributed by atoms with E-state index in [4.69, 9.17) is 0 Å². The molecule has 2 fully saturated rings. The summed E-state index contributed by atoms with van der Waals surface area (Å²) >= 11 is 0. The molecule has 0 radical (unpaired) electrons. The number of rotatable bonds is 4. The summed E-state index contributed by atoms with van der Waals surface area (Å²) in [4.78, 5) is 17.4. The third-order valence-electron chi connectivity index (χ3n) is 6.04. The van der Waals surface area contributed by atoms with Crippen molar-refractivity contribution < 1.29 is 4.79 Å². The average molecular weight is 329 g/mol. The lowest BCUT2D eigenvalue weighted by Gasteiger charge is -2.45. The predicted octanol–water partition coefficient (Wildman–Crippen LogP) is 2.47. The number of likely N-dealkylation sites (tertiary alicyclic amines) is 1. The third-order valence-corrected chi connectivity index (χ3v) is 6.04. The fraction of sp³-hybridized carbons (Fsp3) is 0.650. The predicted molar refractivity (Wildman–Crippen MR) is 98.1 cm³/mol. The van der Waals surface area contributed by atoms with Crippen molar-refractivity contribution in [3.05, 3.63) is 35.9 Å². The van der Waals surface area contributed by atoms with Gasteiger partial charge in [0.2, 0.25) is 5.91 Å². The normalized spacial score (nSPS) is 23.7. The molecule has 2 saturated heterocycles. The zero-order valence-electron chi connectivity index (χ0n) is 15.1. The maximum Gasteiger partial charge on any atom is 0.240 e. The molecule has 0 bridgehead atoms. The lowest BCUT2D eigenvalue weighted by molar-refractivity contribution is -0.134. The minimum atomic E-state index is -0.266. The number of hydrogen-bond acceptors (Lipinski definition) is 3. The van der Waals surface area contributed by atoms with Crippen LogP contribution in [-0.4, -0.2) is 61.0 Å². The Morgan fingerprint density at radius 3 is 2.58 bits per heavy atom. The van der Waals surface area contributed by atoms with Crippen LogP contribution in [0.4, 0.5) is 0 Å². The number of amides is 1. The number of carbonyl (C=O) groups is 1. The second-order valence-corrected chi connectivity index (χ2v) is 7.50. The Hall–Kier alpha value is -1.39. The van der Waals surface area contributed by atoms with Crippen LogP contribution in [0, 0.1) is 0 Å². The summed E-state index contributed by atoms with van der Waals surface area (Å²) in [7, 11) is 2.12. The Morgan fingerprint density at radius 1 is 1.17 bits per heavy atom. The monoisotopic (exact) mass is 329 g/mol. The fourth-order valence-corrected chi connectivity index (χ4v) is 4.15. The van der Waals surface area contributed by atoms with Crippen molar-refractivity contribution in [1.82, 2.24) is 15.1 Å². The summed E-state index contributed by atoms with van der Waals surface area (Å²) in [5.74, 6) is 0.839. The molecule has 24 heavy (non-hydrogen) atoms. The molecule has 1 N–H and O–H groups in total. The number of hydrogen-bond donors (Lipinski definition) is 1. The van der Waals surface area contributed by atoms with Gasteiger partial charge in [-0.05, 0) is 50.8 Å². The first kappa shape index (κ1) is 17.4. The van der Waals surface area contributed by atoms with Crippen LogP contribution in [0.15, 0.2) is 30.3 Å². The first-order valence-electron chi connectivity index (χ1n) is 9.39. The molecule has 3 rings (SSSR count). The van der Waals surface area contributed by atoms with Gasteiger partial charge in [0.05, 0.1) is 0 Å². The number of piperidine rings is 1. The molecule has 1 spiro atoms. The molecule has 4 heteroatoms. The van der Waals surface area contributed by atoms with Gasteiger partial charge in [-0.15, -0.1) is 0 Å². The molecule has 0 unspecified atom stereocenters. The number of carbonyl (C=O) groups excluding carboxylic acids is 1. The highest BCUT2D eigenvalue weighted by molar-refractivity contribution is 5.86. The fourth-order valence-electron chi connectivity index (χ4n) is 4.15. The molecule has 1 atom stereocenters. The van der Waals surface area contributed by atoms with Crippen LogP contribution in [0.2, 0.25) is 0 Å². The summed E-state index contributed by atoms with van der Waals surface area (Å²) in [6.07, 6.45) is 4.14. The minimum absolute atomic E-state index is 0.250. The molecular formula is C20H31N3O. The smallest absolute Gasteiger partial charge is 0.240 e. The number of likely N-dealkylation sites (N-methyl/N-ethyl adjacent to an activating group) is 1. The molecule has 0 saturated carbocycles. The van der Waals surface area contributed by atoms with Crippen LogP contribution in [-0.2, 0) is 4.79 Å². The standard InChI is InChI=1S/C20H31N3O/c1-17(18-7-4-3-5-8-18)9-14-23-15-10-20(11-16-23)19(24)21-12-6-13-22(20)2/h3-5,7-8,17H,6,9-16H2,1-2H3,(H,21,24)/t17-/m1/s1. The maximum atomic E-state index is 12.6. The van der Waals surface area contributed by atoms with Crippen molar-refractivity contribution in [1.29, 1.82) is 0 Å².